The number of aliphatic imine (C=N–C) groups is 2. The van der Waals surface area contributed by atoms with Gasteiger partial charge in [0.1, 0.15) is 11.7 Å². The van der Waals surface area contributed by atoms with Crippen LogP contribution in [0.15, 0.2) is 58.5 Å². The van der Waals surface area contributed by atoms with Crippen molar-refractivity contribution in [1.82, 2.24) is 10.6 Å². The molecule has 184 valence electrons. The second-order valence-electron chi connectivity index (χ2n) is 8.84. The Morgan fingerprint density at radius 3 is 1.57 bits per heavy atom. The second-order valence-corrected chi connectivity index (χ2v) is 8.84. The maximum Gasteiger partial charge on any atom is 0.224 e. The number of carbonyl (C=O) groups is 2. The van der Waals surface area contributed by atoms with Crippen molar-refractivity contribution in [3.05, 3.63) is 59.7 Å². The Bertz CT molecular complexity index is 1010. The lowest BCUT2D eigenvalue weighted by Gasteiger charge is -2.09. The Morgan fingerprint density at radius 1 is 0.686 bits per heavy atom. The summed E-state index contributed by atoms with van der Waals surface area (Å²) in [6, 6.07) is 15.6. The van der Waals surface area contributed by atoms with E-state index in [1.807, 2.05) is 48.5 Å². The lowest BCUT2D eigenvalue weighted by atomic mass is 10.1. The van der Waals surface area contributed by atoms with Gasteiger partial charge >= 0.3 is 0 Å². The van der Waals surface area contributed by atoms with E-state index in [0.717, 1.165) is 92.5 Å². The third-order valence-corrected chi connectivity index (χ3v) is 6.00. The molecule has 2 heterocycles. The van der Waals surface area contributed by atoms with Crippen molar-refractivity contribution >= 4 is 34.9 Å². The first kappa shape index (κ1) is 24.4. The van der Waals surface area contributed by atoms with Crippen molar-refractivity contribution in [3.63, 3.8) is 0 Å². The summed E-state index contributed by atoms with van der Waals surface area (Å²) in [6.45, 7) is 3.30. The second kappa shape index (κ2) is 12.7. The van der Waals surface area contributed by atoms with E-state index in [1.54, 1.807) is 0 Å². The number of benzene rings is 2. The van der Waals surface area contributed by atoms with Crippen LogP contribution in [0.3, 0.4) is 0 Å². The van der Waals surface area contributed by atoms with E-state index in [0.29, 0.717) is 12.8 Å². The maximum atomic E-state index is 12.3. The van der Waals surface area contributed by atoms with Gasteiger partial charge in [-0.15, -0.1) is 0 Å². The summed E-state index contributed by atoms with van der Waals surface area (Å²) in [7, 11) is 0. The van der Waals surface area contributed by atoms with Gasteiger partial charge in [0.25, 0.3) is 0 Å². The molecule has 0 unspecified atom stereocenters. The fourth-order valence-electron chi connectivity index (χ4n) is 4.22. The average Bonchev–Trinajstić information content (AvgIpc) is 3.59. The molecular formula is C27H34N6O2. The summed E-state index contributed by atoms with van der Waals surface area (Å²) < 4.78 is 0. The third-order valence-electron chi connectivity index (χ3n) is 6.00. The summed E-state index contributed by atoms with van der Waals surface area (Å²) in [4.78, 5) is 33.4. The van der Waals surface area contributed by atoms with Crippen molar-refractivity contribution in [2.75, 3.05) is 36.8 Å². The fourth-order valence-corrected chi connectivity index (χ4v) is 4.22. The van der Waals surface area contributed by atoms with Crippen molar-refractivity contribution < 1.29 is 9.59 Å². The van der Waals surface area contributed by atoms with E-state index in [9.17, 15) is 9.59 Å². The van der Waals surface area contributed by atoms with Crippen LogP contribution in [0.2, 0.25) is 0 Å². The van der Waals surface area contributed by atoms with Gasteiger partial charge in [-0.2, -0.15) is 0 Å². The predicted molar refractivity (Wildman–Crippen MR) is 141 cm³/mol. The Morgan fingerprint density at radius 2 is 1.14 bits per heavy atom. The van der Waals surface area contributed by atoms with Gasteiger partial charge in [-0.3, -0.25) is 19.6 Å². The number of anilines is 2. The molecule has 0 saturated heterocycles. The van der Waals surface area contributed by atoms with Crippen LogP contribution in [0.1, 0.15) is 56.1 Å². The molecule has 0 aliphatic carbocycles. The van der Waals surface area contributed by atoms with Gasteiger partial charge in [-0.25, -0.2) is 0 Å². The SMILES string of the molecule is O=C(CCCCCCCC(=O)Nc1cccc(C2=NCCN2)c1)Nc1cccc(C2=NCCN2)c1. The van der Waals surface area contributed by atoms with E-state index in [2.05, 4.69) is 31.3 Å². The van der Waals surface area contributed by atoms with Crippen molar-refractivity contribution in [3.8, 4) is 0 Å². The maximum absolute atomic E-state index is 12.3. The van der Waals surface area contributed by atoms with Crippen LogP contribution in [-0.4, -0.2) is 49.7 Å². The van der Waals surface area contributed by atoms with Gasteiger partial charge in [-0.05, 0) is 37.1 Å². The highest BCUT2D eigenvalue weighted by molar-refractivity contribution is 6.02. The smallest absolute Gasteiger partial charge is 0.224 e. The monoisotopic (exact) mass is 474 g/mol. The zero-order valence-corrected chi connectivity index (χ0v) is 20.1. The summed E-state index contributed by atoms with van der Waals surface area (Å²) in [5.74, 6) is 1.84. The molecule has 2 aromatic rings. The number of nitrogens with one attached hydrogen (secondary N) is 4. The number of hydrogen-bond donors (Lipinski definition) is 4. The van der Waals surface area contributed by atoms with Crippen LogP contribution in [0, 0.1) is 0 Å². The lowest BCUT2D eigenvalue weighted by Crippen LogP contribution is -2.19. The highest BCUT2D eigenvalue weighted by atomic mass is 16.2. The molecule has 0 radical (unpaired) electrons. The highest BCUT2D eigenvalue weighted by Gasteiger charge is 2.11. The number of amidine groups is 2. The molecule has 0 saturated carbocycles. The molecule has 8 nitrogen and oxygen atoms in total. The zero-order valence-electron chi connectivity index (χ0n) is 20.1. The Hall–Kier alpha value is -3.68. The largest absolute Gasteiger partial charge is 0.368 e. The summed E-state index contributed by atoms with van der Waals surface area (Å²) >= 11 is 0. The van der Waals surface area contributed by atoms with Crippen LogP contribution < -0.4 is 21.3 Å². The zero-order chi connectivity index (χ0) is 24.3. The number of rotatable bonds is 12. The topological polar surface area (TPSA) is 107 Å². The average molecular weight is 475 g/mol. The van der Waals surface area contributed by atoms with E-state index in [1.165, 1.54) is 0 Å². The Kier molecular flexibility index (Phi) is 8.86. The molecule has 35 heavy (non-hydrogen) atoms. The summed E-state index contributed by atoms with van der Waals surface area (Å²) in [6.07, 6.45) is 5.66. The fraction of sp³-hybridized carbons (Fsp3) is 0.407. The molecule has 8 heteroatoms. The van der Waals surface area contributed by atoms with Gasteiger partial charge < -0.3 is 21.3 Å². The molecule has 0 fully saturated rings. The first-order chi connectivity index (χ1) is 17.2. The van der Waals surface area contributed by atoms with Crippen LogP contribution in [0.25, 0.3) is 0 Å². The van der Waals surface area contributed by atoms with Crippen molar-refractivity contribution in [2.24, 2.45) is 9.98 Å². The molecular weight excluding hydrogens is 440 g/mol. The number of amides is 2. The lowest BCUT2D eigenvalue weighted by molar-refractivity contribution is -0.117. The molecule has 2 aliphatic heterocycles. The summed E-state index contributed by atoms with van der Waals surface area (Å²) in [5.41, 5.74) is 3.59. The number of carbonyl (C=O) groups excluding carboxylic acids is 2. The molecule has 4 rings (SSSR count). The van der Waals surface area contributed by atoms with Gasteiger partial charge in [0.2, 0.25) is 11.8 Å². The number of hydrogen-bond acceptors (Lipinski definition) is 6. The minimum atomic E-state index is 0.0313. The van der Waals surface area contributed by atoms with E-state index < -0.39 is 0 Å². The Balaban J connectivity index is 1.07. The van der Waals surface area contributed by atoms with E-state index in [4.69, 9.17) is 0 Å². The Labute approximate surface area is 206 Å². The van der Waals surface area contributed by atoms with Crippen LogP contribution >= 0.6 is 0 Å². The minimum Gasteiger partial charge on any atom is -0.368 e. The molecule has 0 aromatic heterocycles. The van der Waals surface area contributed by atoms with E-state index >= 15 is 0 Å². The normalized spacial score (nSPS) is 14.5. The quantitative estimate of drug-likeness (QED) is 0.352. The molecule has 2 aromatic carbocycles. The minimum absolute atomic E-state index is 0.0313. The molecule has 4 N–H and O–H groups in total. The van der Waals surface area contributed by atoms with Crippen molar-refractivity contribution in [1.29, 1.82) is 0 Å². The predicted octanol–water partition coefficient (Wildman–Crippen LogP) is 3.69. The number of unbranched alkanes of at least 4 members (excludes halogenated alkanes) is 4. The molecule has 0 atom stereocenters. The van der Waals surface area contributed by atoms with Crippen LogP contribution in [0.4, 0.5) is 11.4 Å². The van der Waals surface area contributed by atoms with Crippen LogP contribution in [0.5, 0.6) is 0 Å². The van der Waals surface area contributed by atoms with E-state index in [-0.39, 0.29) is 11.8 Å². The van der Waals surface area contributed by atoms with Gasteiger partial charge in [0.15, 0.2) is 0 Å². The summed E-state index contributed by atoms with van der Waals surface area (Å²) in [5, 5.41) is 12.5. The molecule has 2 amide bonds. The van der Waals surface area contributed by atoms with Gasteiger partial charge in [-0.1, -0.05) is 43.5 Å². The molecule has 2 aliphatic rings. The van der Waals surface area contributed by atoms with Gasteiger partial charge in [0.05, 0.1) is 13.1 Å². The van der Waals surface area contributed by atoms with Gasteiger partial charge in [0, 0.05) is 48.4 Å². The molecule has 0 bridgehead atoms. The third kappa shape index (κ3) is 7.67. The first-order valence-electron chi connectivity index (χ1n) is 12.5. The highest BCUT2D eigenvalue weighted by Crippen LogP contribution is 2.15. The first-order valence-corrected chi connectivity index (χ1v) is 12.5. The van der Waals surface area contributed by atoms with Crippen molar-refractivity contribution in [2.45, 2.75) is 44.9 Å². The number of nitrogens with zero attached hydrogens (tertiary/aromatic N) is 2. The van der Waals surface area contributed by atoms with Crippen LogP contribution in [-0.2, 0) is 9.59 Å². The molecule has 0 spiro atoms. The standard InChI is InChI=1S/C27H34N6O2/c34-24(32-22-10-6-8-20(18-22)26-28-14-15-29-26)12-4-2-1-3-5-13-25(35)33-23-11-7-9-21(19-23)27-30-16-17-31-27/h6-11,18-19H,1-5,12-17H2,(H,28,29)(H,30,31)(H,32,34)(H,33,35).